The van der Waals surface area contributed by atoms with Crippen LogP contribution in [0.2, 0.25) is 0 Å². The van der Waals surface area contributed by atoms with Gasteiger partial charge in [0.1, 0.15) is 11.6 Å². The van der Waals surface area contributed by atoms with Gasteiger partial charge in [-0.2, -0.15) is 0 Å². The van der Waals surface area contributed by atoms with Gasteiger partial charge in [0.05, 0.1) is 29.5 Å². The van der Waals surface area contributed by atoms with Crippen molar-refractivity contribution in [3.8, 4) is 11.3 Å². The van der Waals surface area contributed by atoms with Crippen molar-refractivity contribution >= 4 is 11.0 Å². The summed E-state index contributed by atoms with van der Waals surface area (Å²) in [5, 5.41) is 3.12. The third-order valence-electron chi connectivity index (χ3n) is 3.32. The van der Waals surface area contributed by atoms with Gasteiger partial charge in [-0.1, -0.05) is 6.07 Å². The summed E-state index contributed by atoms with van der Waals surface area (Å²) < 4.78 is 2.11. The molecule has 0 saturated carbocycles. The summed E-state index contributed by atoms with van der Waals surface area (Å²) in [6.07, 6.45) is 1.91. The molecule has 98 valence electrons. The molecule has 0 bridgehead atoms. The number of aromatic amines is 1. The zero-order valence-corrected chi connectivity index (χ0v) is 11.4. The van der Waals surface area contributed by atoms with Crippen molar-refractivity contribution in [1.29, 1.82) is 0 Å². The number of nitrogens with one attached hydrogen (secondary N) is 2. The number of aromatic nitrogens is 4. The van der Waals surface area contributed by atoms with E-state index in [4.69, 9.17) is 0 Å². The van der Waals surface area contributed by atoms with Gasteiger partial charge in [0.2, 0.25) is 0 Å². The van der Waals surface area contributed by atoms with Crippen LogP contribution in [-0.2, 0) is 13.6 Å². The molecule has 2 N–H and O–H groups in total. The second kappa shape index (κ2) is 4.51. The summed E-state index contributed by atoms with van der Waals surface area (Å²) in [7, 11) is 3.96. The quantitative estimate of drug-likeness (QED) is 0.752. The monoisotopic (exact) mass is 255 g/mol. The van der Waals surface area contributed by atoms with Gasteiger partial charge in [0.25, 0.3) is 0 Å². The molecule has 19 heavy (non-hydrogen) atoms. The third-order valence-corrected chi connectivity index (χ3v) is 3.32. The van der Waals surface area contributed by atoms with Crippen LogP contribution in [0.3, 0.4) is 0 Å². The highest BCUT2D eigenvalue weighted by Gasteiger charge is 2.09. The lowest BCUT2D eigenvalue weighted by molar-refractivity contribution is 0.712. The molecule has 0 aliphatic heterocycles. The number of hydrogen-bond acceptors (Lipinski definition) is 3. The van der Waals surface area contributed by atoms with Gasteiger partial charge >= 0.3 is 0 Å². The Hall–Kier alpha value is -2.14. The fourth-order valence-corrected chi connectivity index (χ4v) is 2.33. The van der Waals surface area contributed by atoms with E-state index >= 15 is 0 Å². The second-order valence-electron chi connectivity index (χ2n) is 4.70. The lowest BCUT2D eigenvalue weighted by atomic mass is 10.1. The predicted octanol–water partition coefficient (Wildman–Crippen LogP) is 1.99. The lowest BCUT2D eigenvalue weighted by Crippen LogP contribution is -2.10. The maximum atomic E-state index is 4.44. The van der Waals surface area contributed by atoms with Crippen LogP contribution in [0.4, 0.5) is 0 Å². The average molecular weight is 255 g/mol. The molecule has 0 fully saturated rings. The van der Waals surface area contributed by atoms with Crippen molar-refractivity contribution in [2.45, 2.75) is 13.5 Å². The van der Waals surface area contributed by atoms with Crippen LogP contribution in [0.15, 0.2) is 24.4 Å². The van der Waals surface area contributed by atoms with E-state index < -0.39 is 0 Å². The van der Waals surface area contributed by atoms with Crippen molar-refractivity contribution in [2.24, 2.45) is 7.05 Å². The molecule has 1 aromatic carbocycles. The van der Waals surface area contributed by atoms with Gasteiger partial charge in [-0.15, -0.1) is 0 Å². The minimum absolute atomic E-state index is 0.766. The molecule has 0 aliphatic carbocycles. The molecular weight excluding hydrogens is 238 g/mol. The molecule has 0 atom stereocenters. The Labute approximate surface area is 111 Å². The summed E-state index contributed by atoms with van der Waals surface area (Å²) in [6, 6.07) is 6.25. The van der Waals surface area contributed by atoms with Crippen molar-refractivity contribution in [1.82, 2.24) is 24.8 Å². The Kier molecular flexibility index (Phi) is 2.83. The number of rotatable bonds is 3. The first-order valence-electron chi connectivity index (χ1n) is 6.31. The van der Waals surface area contributed by atoms with Crippen molar-refractivity contribution in [3.05, 3.63) is 36.0 Å². The normalized spacial score (nSPS) is 11.3. The molecule has 0 radical (unpaired) electrons. The fraction of sp³-hybridized carbons (Fsp3) is 0.286. The first kappa shape index (κ1) is 11.9. The smallest absolute Gasteiger partial charge is 0.122 e. The van der Waals surface area contributed by atoms with Gasteiger partial charge in [0, 0.05) is 12.6 Å². The van der Waals surface area contributed by atoms with Crippen molar-refractivity contribution < 1.29 is 0 Å². The van der Waals surface area contributed by atoms with E-state index in [0.717, 1.165) is 40.5 Å². The summed E-state index contributed by atoms with van der Waals surface area (Å²) in [4.78, 5) is 12.1. The maximum Gasteiger partial charge on any atom is 0.122 e. The SMILES string of the molecule is CNCc1ncc(-c2ccc3nc(C)[nH]c3c2)n1C. The number of H-pyrrole nitrogens is 1. The molecule has 3 aromatic rings. The van der Waals surface area contributed by atoms with E-state index in [2.05, 4.69) is 37.0 Å². The van der Waals surface area contributed by atoms with Gasteiger partial charge in [-0.3, -0.25) is 0 Å². The first-order chi connectivity index (χ1) is 9.19. The molecule has 0 amide bonds. The Bertz CT molecular complexity index is 723. The van der Waals surface area contributed by atoms with Crippen LogP contribution in [0, 0.1) is 6.92 Å². The van der Waals surface area contributed by atoms with Crippen LogP contribution in [0.5, 0.6) is 0 Å². The topological polar surface area (TPSA) is 58.5 Å². The van der Waals surface area contributed by atoms with Crippen LogP contribution in [-0.4, -0.2) is 26.6 Å². The number of nitrogens with zero attached hydrogens (tertiary/aromatic N) is 3. The molecule has 2 aromatic heterocycles. The van der Waals surface area contributed by atoms with Crippen LogP contribution in [0.25, 0.3) is 22.3 Å². The van der Waals surface area contributed by atoms with E-state index in [-0.39, 0.29) is 0 Å². The molecule has 0 aliphatic rings. The highest BCUT2D eigenvalue weighted by molar-refractivity contribution is 5.81. The van der Waals surface area contributed by atoms with Crippen LogP contribution < -0.4 is 5.32 Å². The predicted molar refractivity (Wildman–Crippen MR) is 75.8 cm³/mol. The zero-order chi connectivity index (χ0) is 13.4. The lowest BCUT2D eigenvalue weighted by Gasteiger charge is -2.05. The number of aryl methyl sites for hydroxylation is 1. The Morgan fingerprint density at radius 3 is 3.00 bits per heavy atom. The van der Waals surface area contributed by atoms with Crippen LogP contribution in [0.1, 0.15) is 11.6 Å². The molecule has 5 heteroatoms. The van der Waals surface area contributed by atoms with E-state index in [9.17, 15) is 0 Å². The molecule has 3 rings (SSSR count). The number of benzene rings is 1. The summed E-state index contributed by atoms with van der Waals surface area (Å²) in [6.45, 7) is 2.73. The molecule has 0 saturated heterocycles. The summed E-state index contributed by atoms with van der Waals surface area (Å²) >= 11 is 0. The van der Waals surface area contributed by atoms with Crippen molar-refractivity contribution in [3.63, 3.8) is 0 Å². The molecule has 0 unspecified atom stereocenters. The molecule has 5 nitrogen and oxygen atoms in total. The first-order valence-corrected chi connectivity index (χ1v) is 6.31. The number of fused-ring (bicyclic) bond motifs is 1. The zero-order valence-electron chi connectivity index (χ0n) is 11.4. The Morgan fingerprint density at radius 1 is 1.37 bits per heavy atom. The average Bonchev–Trinajstić information content (AvgIpc) is 2.92. The highest BCUT2D eigenvalue weighted by Crippen LogP contribution is 2.23. The maximum absolute atomic E-state index is 4.44. The molecular formula is C14H17N5. The minimum atomic E-state index is 0.766. The highest BCUT2D eigenvalue weighted by atomic mass is 15.1. The van der Waals surface area contributed by atoms with E-state index in [1.807, 2.05) is 33.3 Å². The van der Waals surface area contributed by atoms with Crippen molar-refractivity contribution in [2.75, 3.05) is 7.05 Å². The standard InChI is InChI=1S/C14H17N5/c1-9-17-11-5-4-10(6-12(11)18-9)13-7-16-14(8-15-2)19(13)3/h4-7,15H,8H2,1-3H3,(H,17,18). The Balaban J connectivity index is 2.08. The Morgan fingerprint density at radius 2 is 2.21 bits per heavy atom. The molecule has 2 heterocycles. The van der Waals surface area contributed by atoms with E-state index in [0.29, 0.717) is 0 Å². The largest absolute Gasteiger partial charge is 0.342 e. The van der Waals surface area contributed by atoms with Gasteiger partial charge in [0.15, 0.2) is 0 Å². The second-order valence-corrected chi connectivity index (χ2v) is 4.70. The minimum Gasteiger partial charge on any atom is -0.342 e. The van der Waals surface area contributed by atoms with Crippen LogP contribution >= 0.6 is 0 Å². The molecule has 0 spiro atoms. The summed E-state index contributed by atoms with van der Waals surface area (Å²) in [5.41, 5.74) is 4.32. The summed E-state index contributed by atoms with van der Waals surface area (Å²) in [5.74, 6) is 1.96. The van der Waals surface area contributed by atoms with Gasteiger partial charge in [-0.25, -0.2) is 9.97 Å². The van der Waals surface area contributed by atoms with Gasteiger partial charge in [-0.05, 0) is 26.1 Å². The van der Waals surface area contributed by atoms with E-state index in [1.54, 1.807) is 0 Å². The third kappa shape index (κ3) is 2.02. The van der Waals surface area contributed by atoms with E-state index in [1.165, 1.54) is 0 Å². The van der Waals surface area contributed by atoms with Gasteiger partial charge < -0.3 is 14.9 Å². The number of hydrogen-bond donors (Lipinski definition) is 2. The number of imidazole rings is 2. The fourth-order valence-electron chi connectivity index (χ4n) is 2.33.